The van der Waals surface area contributed by atoms with Gasteiger partial charge >= 0.3 is 12.2 Å². The first kappa shape index (κ1) is 28.9. The molecule has 1 aliphatic carbocycles. The summed E-state index contributed by atoms with van der Waals surface area (Å²) in [6.45, 7) is 3.67. The van der Waals surface area contributed by atoms with Crippen LogP contribution in [-0.4, -0.2) is 71.3 Å². The van der Waals surface area contributed by atoms with E-state index in [0.717, 1.165) is 44.5 Å². The number of alkyl halides is 3. The number of likely N-dealkylation sites (N-methyl/N-ethyl adjacent to an activating group) is 1. The van der Waals surface area contributed by atoms with Crippen LogP contribution in [0.4, 0.5) is 39.5 Å². The Hall–Kier alpha value is -4.17. The van der Waals surface area contributed by atoms with Crippen LogP contribution >= 0.6 is 0 Å². The monoisotopic (exact) mass is 600 g/mol. The van der Waals surface area contributed by atoms with Crippen LogP contribution in [0.3, 0.4) is 0 Å². The molecule has 10 nitrogen and oxygen atoms in total. The number of urea groups is 1. The maximum Gasteiger partial charge on any atom is 0.416 e. The average molecular weight is 601 g/mol. The van der Waals surface area contributed by atoms with Gasteiger partial charge in [-0.25, -0.2) is 13.9 Å². The van der Waals surface area contributed by atoms with E-state index < -0.39 is 29.5 Å². The number of benzene rings is 2. The largest absolute Gasteiger partial charge is 0.416 e. The molecule has 2 aromatic carbocycles. The predicted molar refractivity (Wildman–Crippen MR) is 153 cm³/mol. The summed E-state index contributed by atoms with van der Waals surface area (Å²) in [5.74, 6) is -1.00. The van der Waals surface area contributed by atoms with Gasteiger partial charge in [-0.05, 0) is 56.1 Å². The maximum atomic E-state index is 15.2. The molecule has 2 fully saturated rings. The number of anilines is 3. The molecule has 6 rings (SSSR count). The second-order valence-corrected chi connectivity index (χ2v) is 11.5. The van der Waals surface area contributed by atoms with Crippen LogP contribution in [0.1, 0.15) is 40.7 Å². The van der Waals surface area contributed by atoms with Gasteiger partial charge < -0.3 is 26.6 Å². The smallest absolute Gasteiger partial charge is 0.369 e. The number of nitrogens with two attached hydrogens (primary N) is 1. The highest BCUT2D eigenvalue weighted by Crippen LogP contribution is 2.51. The van der Waals surface area contributed by atoms with E-state index >= 15 is 4.39 Å². The van der Waals surface area contributed by atoms with Crippen molar-refractivity contribution in [2.24, 2.45) is 5.73 Å². The molecule has 0 radical (unpaired) electrons. The Bertz CT molecular complexity index is 1580. The van der Waals surface area contributed by atoms with Crippen molar-refractivity contribution in [1.82, 2.24) is 19.6 Å². The van der Waals surface area contributed by atoms with Crippen LogP contribution in [-0.2, 0) is 18.3 Å². The minimum absolute atomic E-state index is 0.0832. The third-order valence-electron chi connectivity index (χ3n) is 8.44. The van der Waals surface area contributed by atoms with Crippen LogP contribution in [0.25, 0.3) is 11.3 Å². The molecule has 1 saturated carbocycles. The van der Waals surface area contributed by atoms with Gasteiger partial charge in [0.05, 0.1) is 16.8 Å². The van der Waals surface area contributed by atoms with E-state index in [1.54, 1.807) is 4.68 Å². The van der Waals surface area contributed by atoms with E-state index in [4.69, 9.17) is 5.73 Å². The number of carbonyl (C=O) groups excluding carboxylic acids is 2. The Balaban J connectivity index is 1.18. The number of aromatic nitrogens is 2. The second kappa shape index (κ2) is 10.8. The Morgan fingerprint density at radius 1 is 1.05 bits per heavy atom. The Morgan fingerprint density at radius 3 is 2.44 bits per heavy atom. The summed E-state index contributed by atoms with van der Waals surface area (Å²) in [6.07, 6.45) is -1.91. The summed E-state index contributed by atoms with van der Waals surface area (Å²) in [5.41, 5.74) is 5.19. The molecular formula is C29H32F4N8O2. The number of halogens is 4. The first-order chi connectivity index (χ1) is 20.4. The zero-order chi connectivity index (χ0) is 30.5. The highest BCUT2D eigenvalue weighted by atomic mass is 19.4. The van der Waals surface area contributed by atoms with Gasteiger partial charge in [-0.15, -0.1) is 0 Å². The van der Waals surface area contributed by atoms with Gasteiger partial charge in [0.15, 0.2) is 0 Å². The molecule has 3 heterocycles. The lowest BCUT2D eigenvalue weighted by Gasteiger charge is -2.33. The maximum absolute atomic E-state index is 15.2. The van der Waals surface area contributed by atoms with Crippen molar-refractivity contribution in [3.05, 3.63) is 58.9 Å². The SMILES string of the molecule is CN1CCN(Cc2ccc(NC(=O)Nc3ccc(-c4nn5c(c4C(N)=O)NCCC54CC4)cc3F)cc2C(F)(F)F)CC1. The molecule has 5 N–H and O–H groups in total. The predicted octanol–water partition coefficient (Wildman–Crippen LogP) is 4.50. The molecule has 3 aromatic rings. The number of primary amides is 1. The molecule has 3 amide bonds. The van der Waals surface area contributed by atoms with E-state index in [0.29, 0.717) is 31.0 Å². The fourth-order valence-corrected chi connectivity index (χ4v) is 5.84. The van der Waals surface area contributed by atoms with Gasteiger partial charge in [-0.1, -0.05) is 12.1 Å². The molecule has 1 aromatic heterocycles. The third-order valence-corrected chi connectivity index (χ3v) is 8.44. The molecule has 0 bridgehead atoms. The number of amides is 3. The summed E-state index contributed by atoms with van der Waals surface area (Å²) in [6, 6.07) is 6.64. The van der Waals surface area contributed by atoms with Crippen LogP contribution in [0.5, 0.6) is 0 Å². The molecular weight excluding hydrogens is 568 g/mol. The molecule has 3 aliphatic rings. The molecule has 2 aliphatic heterocycles. The summed E-state index contributed by atoms with van der Waals surface area (Å²) in [7, 11) is 1.97. The van der Waals surface area contributed by atoms with Crippen molar-refractivity contribution in [2.75, 3.05) is 55.7 Å². The normalized spacial score (nSPS) is 18.2. The number of fused-ring (bicyclic) bond motifs is 2. The van der Waals surface area contributed by atoms with Crippen LogP contribution in [0, 0.1) is 5.82 Å². The van der Waals surface area contributed by atoms with Gasteiger partial charge in [0, 0.05) is 50.5 Å². The molecule has 228 valence electrons. The third kappa shape index (κ3) is 5.76. The number of piperazine rings is 1. The van der Waals surface area contributed by atoms with Crippen molar-refractivity contribution in [3.8, 4) is 11.3 Å². The minimum atomic E-state index is -4.62. The lowest BCUT2D eigenvalue weighted by Crippen LogP contribution is -2.44. The Kier molecular flexibility index (Phi) is 7.29. The standard InChI is InChI=1S/C29H32F4N8O2/c1-39-10-12-40(13-11-39)16-18-2-4-19(15-20(18)29(31,32)33)36-27(43)37-22-5-3-17(14-21(22)30)24-23(25(34)42)26-35-9-8-28(6-7-28)41(26)38-24/h2-5,14-15,35H,6-13,16H2,1H3,(H2,34,42)(H2,36,37,43). The number of nitrogens with zero attached hydrogens (tertiary/aromatic N) is 4. The topological polar surface area (TPSA) is 121 Å². The molecule has 14 heteroatoms. The summed E-state index contributed by atoms with van der Waals surface area (Å²) in [5, 5.41) is 12.5. The van der Waals surface area contributed by atoms with Gasteiger partial charge in [0.25, 0.3) is 5.91 Å². The number of rotatable bonds is 6. The molecule has 1 saturated heterocycles. The summed E-state index contributed by atoms with van der Waals surface area (Å²) < 4.78 is 58.7. The van der Waals surface area contributed by atoms with E-state index in [9.17, 15) is 22.8 Å². The molecule has 0 unspecified atom stereocenters. The van der Waals surface area contributed by atoms with Crippen molar-refractivity contribution >= 4 is 29.1 Å². The highest BCUT2D eigenvalue weighted by molar-refractivity contribution is 6.04. The lowest BCUT2D eigenvalue weighted by atomic mass is 10.0. The van der Waals surface area contributed by atoms with Crippen LogP contribution < -0.4 is 21.7 Å². The average Bonchev–Trinajstić information content (AvgIpc) is 3.59. The zero-order valence-corrected chi connectivity index (χ0v) is 23.5. The van der Waals surface area contributed by atoms with Crippen molar-refractivity contribution in [3.63, 3.8) is 0 Å². The fraction of sp³-hybridized carbons (Fsp3) is 0.414. The first-order valence-electron chi connectivity index (χ1n) is 14.1. The van der Waals surface area contributed by atoms with E-state index in [1.807, 2.05) is 11.9 Å². The Morgan fingerprint density at radius 2 is 1.79 bits per heavy atom. The first-order valence-corrected chi connectivity index (χ1v) is 14.1. The minimum Gasteiger partial charge on any atom is -0.369 e. The number of hydrogen-bond donors (Lipinski definition) is 4. The summed E-state index contributed by atoms with van der Waals surface area (Å²) in [4.78, 5) is 29.1. The van der Waals surface area contributed by atoms with Gasteiger partial charge in [0.2, 0.25) is 0 Å². The van der Waals surface area contributed by atoms with E-state index in [1.165, 1.54) is 24.3 Å². The number of carbonyl (C=O) groups is 2. The zero-order valence-electron chi connectivity index (χ0n) is 23.5. The molecule has 1 spiro atoms. The second-order valence-electron chi connectivity index (χ2n) is 11.5. The van der Waals surface area contributed by atoms with Gasteiger partial charge in [-0.3, -0.25) is 9.69 Å². The fourth-order valence-electron chi connectivity index (χ4n) is 5.84. The van der Waals surface area contributed by atoms with E-state index in [-0.39, 0.29) is 40.3 Å². The Labute approximate surface area is 245 Å². The highest BCUT2D eigenvalue weighted by Gasteiger charge is 2.49. The van der Waals surface area contributed by atoms with E-state index in [2.05, 4.69) is 25.9 Å². The molecule has 43 heavy (non-hydrogen) atoms. The molecule has 0 atom stereocenters. The number of hydrogen-bond acceptors (Lipinski definition) is 6. The quantitative estimate of drug-likeness (QED) is 0.309. The van der Waals surface area contributed by atoms with Crippen molar-refractivity contribution in [2.45, 2.75) is 37.5 Å². The van der Waals surface area contributed by atoms with Crippen molar-refractivity contribution < 1.29 is 27.2 Å². The summed E-state index contributed by atoms with van der Waals surface area (Å²) >= 11 is 0. The van der Waals surface area contributed by atoms with Crippen LogP contribution in [0.2, 0.25) is 0 Å². The van der Waals surface area contributed by atoms with Crippen LogP contribution in [0.15, 0.2) is 36.4 Å². The van der Waals surface area contributed by atoms with Gasteiger partial charge in [-0.2, -0.15) is 18.3 Å². The van der Waals surface area contributed by atoms with Gasteiger partial charge in [0.1, 0.15) is 22.9 Å². The lowest BCUT2D eigenvalue weighted by molar-refractivity contribution is -0.138. The number of nitrogens with one attached hydrogen (secondary N) is 3. The van der Waals surface area contributed by atoms with Crippen molar-refractivity contribution in [1.29, 1.82) is 0 Å².